The van der Waals surface area contributed by atoms with Gasteiger partial charge in [0.15, 0.2) is 6.29 Å². The summed E-state index contributed by atoms with van der Waals surface area (Å²) in [5, 5.41) is 33.6. The van der Waals surface area contributed by atoms with Gasteiger partial charge in [-0.05, 0) is 116 Å². The highest BCUT2D eigenvalue weighted by molar-refractivity contribution is 5.99. The first kappa shape index (κ1) is 51.9. The second-order valence-corrected chi connectivity index (χ2v) is 18.4. The second kappa shape index (κ2) is 22.9. The van der Waals surface area contributed by atoms with Gasteiger partial charge in [0, 0.05) is 37.8 Å². The number of likely N-dealkylation sites (N-methyl/N-ethyl adjacent to an activating group) is 1. The number of methoxy groups -OCH3 is 3. The Labute approximate surface area is 375 Å². The van der Waals surface area contributed by atoms with Crippen molar-refractivity contribution in [2.24, 2.45) is 33.9 Å². The molecule has 2 fully saturated rings. The predicted octanol–water partition coefficient (Wildman–Crippen LogP) is 6.58. The van der Waals surface area contributed by atoms with Crippen LogP contribution in [0.2, 0.25) is 0 Å². The van der Waals surface area contributed by atoms with E-state index in [4.69, 9.17) is 38.3 Å². The fraction of sp³-hybridized carbons (Fsp3) is 0.673. The molecule has 0 radical (unpaired) electrons. The van der Waals surface area contributed by atoms with Gasteiger partial charge in [-0.1, -0.05) is 57.5 Å². The van der Waals surface area contributed by atoms with E-state index in [0.717, 1.165) is 16.7 Å². The maximum absolute atomic E-state index is 14.1. The number of benzene rings is 2. The van der Waals surface area contributed by atoms with Gasteiger partial charge in [0.1, 0.15) is 23.6 Å². The summed E-state index contributed by atoms with van der Waals surface area (Å²) >= 11 is 0. The lowest BCUT2D eigenvalue weighted by molar-refractivity contribution is -0.303. The number of hydrogen-bond donors (Lipinski definition) is 2. The predicted molar refractivity (Wildman–Crippen MR) is 243 cm³/mol. The van der Waals surface area contributed by atoms with Gasteiger partial charge in [-0.2, -0.15) is 10.2 Å². The Morgan fingerprint density at radius 3 is 2.19 bits per heavy atom. The Bertz CT molecular complexity index is 1830. The van der Waals surface area contributed by atoms with Crippen molar-refractivity contribution in [1.82, 2.24) is 4.90 Å². The Hall–Kier alpha value is -3.76. The summed E-state index contributed by atoms with van der Waals surface area (Å²) in [5.41, 5.74) is 0.756. The molecule has 0 aliphatic carbocycles. The monoisotopic (exact) mass is 882 g/mol. The summed E-state index contributed by atoms with van der Waals surface area (Å²) in [6.07, 6.45) is -3.54. The summed E-state index contributed by atoms with van der Waals surface area (Å²) in [5.74, 6) is -2.95. The molecule has 13 atom stereocenters. The van der Waals surface area contributed by atoms with E-state index < -0.39 is 77.5 Å². The van der Waals surface area contributed by atoms with Crippen molar-refractivity contribution in [3.8, 4) is 5.75 Å². The van der Waals surface area contributed by atoms with Crippen LogP contribution in [-0.2, 0) is 44.4 Å². The van der Waals surface area contributed by atoms with Crippen LogP contribution in [0.1, 0.15) is 97.8 Å². The Kier molecular flexibility index (Phi) is 18.9. The maximum atomic E-state index is 14.1. The molecule has 2 aromatic carbocycles. The van der Waals surface area contributed by atoms with Gasteiger partial charge >= 0.3 is 11.9 Å². The zero-order chi connectivity index (χ0) is 46.8. The van der Waals surface area contributed by atoms with E-state index >= 15 is 0 Å². The molecule has 0 saturated carbocycles. The third kappa shape index (κ3) is 13.2. The molecule has 0 amide bonds. The van der Waals surface area contributed by atoms with E-state index in [2.05, 4.69) is 10.0 Å². The van der Waals surface area contributed by atoms with Crippen molar-refractivity contribution >= 4 is 23.4 Å². The third-order valence-electron chi connectivity index (χ3n) is 13.1. The number of nitrogens with zero attached hydrogens (tertiary/aromatic N) is 3. The zero-order valence-corrected chi connectivity index (χ0v) is 40.1. The third-order valence-corrected chi connectivity index (χ3v) is 13.1. The molecule has 2 N–H and O–H groups in total. The van der Waals surface area contributed by atoms with Crippen molar-refractivity contribution in [2.45, 2.75) is 148 Å². The highest BCUT2D eigenvalue weighted by atomic mass is 16.7. The molecule has 4 rings (SSSR count). The number of hydrogen-bond acceptors (Lipinski definition) is 14. The Morgan fingerprint density at radius 1 is 0.968 bits per heavy atom. The van der Waals surface area contributed by atoms with Crippen LogP contribution >= 0.6 is 0 Å². The van der Waals surface area contributed by atoms with E-state index in [1.165, 1.54) is 6.92 Å². The van der Waals surface area contributed by atoms with Crippen LogP contribution in [0.3, 0.4) is 0 Å². The zero-order valence-electron chi connectivity index (χ0n) is 40.1. The quantitative estimate of drug-likeness (QED) is 0.126. The van der Waals surface area contributed by atoms with Gasteiger partial charge < -0.3 is 48.3 Å². The van der Waals surface area contributed by atoms with E-state index in [0.29, 0.717) is 23.6 Å². The summed E-state index contributed by atoms with van der Waals surface area (Å²) in [7, 11) is 8.82. The molecular formula is C49H75N3O11. The summed E-state index contributed by atoms with van der Waals surface area (Å²) in [4.78, 5) is 29.8. The SMILES string of the molecule is CCC1OC(=O)C(C)CC(COC(=O)Cc2ccc(C)cc2)C(OC2OC(C)CC(N(C)C)C2OC)C(C)(OC)CC(C)C(=NN=C(C)c2ccc(OC)cc2)C(C)C(O)C1(C)O. The fourth-order valence-electron chi connectivity index (χ4n) is 9.17. The van der Waals surface area contributed by atoms with Crippen LogP contribution in [-0.4, -0.2) is 135 Å². The molecule has 0 aromatic heterocycles. The molecule has 13 unspecified atom stereocenters. The normalized spacial score (nSPS) is 34.6. The molecule has 2 aliphatic rings. The average Bonchev–Trinajstić information content (AvgIpc) is 3.25. The largest absolute Gasteiger partial charge is 0.497 e. The van der Waals surface area contributed by atoms with Crippen molar-refractivity contribution in [2.75, 3.05) is 42.0 Å². The van der Waals surface area contributed by atoms with Gasteiger partial charge in [-0.15, -0.1) is 0 Å². The number of aryl methyl sites for hydroxylation is 1. The first-order chi connectivity index (χ1) is 29.7. The van der Waals surface area contributed by atoms with Crippen LogP contribution in [0, 0.1) is 30.6 Å². The molecule has 2 heterocycles. The molecule has 0 bridgehead atoms. The number of esters is 2. The summed E-state index contributed by atoms with van der Waals surface area (Å²) in [6, 6.07) is 15.1. The van der Waals surface area contributed by atoms with Crippen LogP contribution in [0.4, 0.5) is 0 Å². The molecule has 14 nitrogen and oxygen atoms in total. The topological polar surface area (TPSA) is 167 Å². The molecule has 0 spiro atoms. The highest BCUT2D eigenvalue weighted by Crippen LogP contribution is 2.40. The number of rotatable bonds is 13. The van der Waals surface area contributed by atoms with Gasteiger partial charge in [0.2, 0.25) is 0 Å². The second-order valence-electron chi connectivity index (χ2n) is 18.4. The lowest BCUT2D eigenvalue weighted by atomic mass is 9.74. The number of ether oxygens (including phenoxy) is 7. The van der Waals surface area contributed by atoms with Crippen LogP contribution < -0.4 is 4.74 Å². The first-order valence-electron chi connectivity index (χ1n) is 22.3. The molecular weight excluding hydrogens is 807 g/mol. The van der Waals surface area contributed by atoms with Gasteiger partial charge in [0.05, 0.1) is 55.7 Å². The first-order valence-corrected chi connectivity index (χ1v) is 22.3. The lowest BCUT2D eigenvalue weighted by Crippen LogP contribution is -2.60. The Morgan fingerprint density at radius 2 is 1.62 bits per heavy atom. The highest BCUT2D eigenvalue weighted by Gasteiger charge is 2.51. The minimum absolute atomic E-state index is 0.0535. The molecule has 2 aliphatic heterocycles. The number of carbonyl (C=O) groups is 2. The summed E-state index contributed by atoms with van der Waals surface area (Å²) < 4.78 is 43.9. The van der Waals surface area contributed by atoms with Crippen LogP contribution in [0.5, 0.6) is 5.75 Å². The van der Waals surface area contributed by atoms with Crippen LogP contribution in [0.25, 0.3) is 0 Å². The molecule has 352 valence electrons. The van der Waals surface area contributed by atoms with Crippen molar-refractivity contribution in [3.63, 3.8) is 0 Å². The van der Waals surface area contributed by atoms with E-state index in [-0.39, 0.29) is 44.4 Å². The van der Waals surface area contributed by atoms with E-state index in [1.54, 1.807) is 42.1 Å². The Balaban J connectivity index is 1.90. The standard InChI is InChI=1S/C49H75N3O11/c1-15-40-49(9,56)44(54)33(6)42(51-50-34(7)36-20-22-38(57-12)23-21-36)31(4)27-48(8,59-14)45(63-47-43(58-13)39(52(10)11)25-32(5)61-47)37(24-30(3)46(55)62-40)28-60-41(53)26-35-18-16-29(2)17-19-35/h16-23,30-33,37,39-40,43-45,47,54,56H,15,24-28H2,1-14H3. The number of carbonyl (C=O) groups excluding carboxylic acids is 2. The minimum atomic E-state index is -1.88. The van der Waals surface area contributed by atoms with Gasteiger partial charge in [-0.3, -0.25) is 9.59 Å². The summed E-state index contributed by atoms with van der Waals surface area (Å²) in [6.45, 7) is 16.4. The number of aliphatic hydroxyl groups excluding tert-OH is 1. The van der Waals surface area contributed by atoms with E-state index in [9.17, 15) is 19.8 Å². The fourth-order valence-corrected chi connectivity index (χ4v) is 9.17. The molecule has 2 aromatic rings. The van der Waals surface area contributed by atoms with Gasteiger partial charge in [0.25, 0.3) is 0 Å². The van der Waals surface area contributed by atoms with Crippen LogP contribution in [0.15, 0.2) is 58.7 Å². The molecule has 63 heavy (non-hydrogen) atoms. The average molecular weight is 882 g/mol. The molecule has 2 saturated heterocycles. The van der Waals surface area contributed by atoms with Crippen molar-refractivity contribution in [1.29, 1.82) is 0 Å². The maximum Gasteiger partial charge on any atom is 0.310 e. The van der Waals surface area contributed by atoms with Crippen molar-refractivity contribution < 1.29 is 53.0 Å². The van der Waals surface area contributed by atoms with Gasteiger partial charge in [-0.25, -0.2) is 0 Å². The lowest BCUT2D eigenvalue weighted by Gasteiger charge is -2.48. The number of aliphatic hydroxyl groups is 2. The van der Waals surface area contributed by atoms with Crippen molar-refractivity contribution in [3.05, 3.63) is 65.2 Å². The number of cyclic esters (lactones) is 1. The minimum Gasteiger partial charge on any atom is -0.497 e. The smallest absolute Gasteiger partial charge is 0.310 e. The molecule has 14 heteroatoms. The van der Waals surface area contributed by atoms with E-state index in [1.807, 2.05) is 97.2 Å².